The monoisotopic (exact) mass is 192 g/mol. The number of carboxylic acid groups (broad SMARTS) is 1. The van der Waals surface area contributed by atoms with Crippen molar-refractivity contribution in [3.8, 4) is 0 Å². The van der Waals surface area contributed by atoms with E-state index in [1.807, 2.05) is 0 Å². The molecule has 74 valence electrons. The van der Waals surface area contributed by atoms with E-state index in [2.05, 4.69) is 0 Å². The maximum absolute atomic E-state index is 10.8. The van der Waals surface area contributed by atoms with Crippen LogP contribution in [0.25, 0.3) is 0 Å². The lowest BCUT2D eigenvalue weighted by Gasteiger charge is -2.10. The predicted octanol–water partition coefficient (Wildman–Crippen LogP) is -0.236. The van der Waals surface area contributed by atoms with E-state index in [9.17, 15) is 14.7 Å². The van der Waals surface area contributed by atoms with Crippen LogP contribution in [0.3, 0.4) is 0 Å². The van der Waals surface area contributed by atoms with E-state index in [0.29, 0.717) is 5.56 Å². The Kier molecular flexibility index (Phi) is 2.86. The summed E-state index contributed by atoms with van der Waals surface area (Å²) >= 11 is 0. The lowest BCUT2D eigenvalue weighted by atomic mass is 10.0. The Bertz CT molecular complexity index is 385. The van der Waals surface area contributed by atoms with Crippen molar-refractivity contribution in [3.63, 3.8) is 0 Å². The number of hydrogen-bond donors (Lipinski definition) is 1. The number of nitrogens with two attached hydrogens (primary N) is 1. The number of anilines is 1. The summed E-state index contributed by atoms with van der Waals surface area (Å²) in [5.41, 5.74) is 6.13. The maximum Gasteiger partial charge on any atom is 0.134 e. The Morgan fingerprint density at radius 1 is 1.43 bits per heavy atom. The van der Waals surface area contributed by atoms with Gasteiger partial charge in [-0.2, -0.15) is 0 Å². The Labute approximate surface area is 81.3 Å². The molecule has 0 heterocycles. The first kappa shape index (κ1) is 10.2. The van der Waals surface area contributed by atoms with Crippen LogP contribution in [0.2, 0.25) is 0 Å². The summed E-state index contributed by atoms with van der Waals surface area (Å²) < 4.78 is 0. The summed E-state index contributed by atoms with van der Waals surface area (Å²) in [6.07, 6.45) is 0.146. The number of carbonyl (C=O) groups excluding carboxylic acids is 2. The number of carboxylic acids is 1. The largest absolute Gasteiger partial charge is 0.545 e. The van der Waals surface area contributed by atoms with E-state index >= 15 is 0 Å². The zero-order valence-corrected chi connectivity index (χ0v) is 7.74. The summed E-state index contributed by atoms with van der Waals surface area (Å²) in [6, 6.07) is 4.53. The molecule has 1 aromatic rings. The van der Waals surface area contributed by atoms with Crippen molar-refractivity contribution < 1.29 is 14.7 Å². The van der Waals surface area contributed by atoms with E-state index in [1.54, 1.807) is 12.1 Å². The molecule has 0 unspecified atom stereocenters. The molecular formula is C10H10NO3-. The fourth-order valence-corrected chi connectivity index (χ4v) is 1.21. The van der Waals surface area contributed by atoms with E-state index in [4.69, 9.17) is 5.73 Å². The number of aromatic carboxylic acids is 1. The van der Waals surface area contributed by atoms with Crippen LogP contribution in [0, 0.1) is 0 Å². The third-order valence-electron chi connectivity index (χ3n) is 1.86. The van der Waals surface area contributed by atoms with E-state index in [1.165, 1.54) is 13.0 Å². The van der Waals surface area contributed by atoms with Crippen molar-refractivity contribution in [2.24, 2.45) is 0 Å². The topological polar surface area (TPSA) is 83.2 Å². The van der Waals surface area contributed by atoms with E-state index < -0.39 is 5.97 Å². The van der Waals surface area contributed by atoms with Crippen LogP contribution >= 0.6 is 0 Å². The minimum absolute atomic E-state index is 0.0628. The Morgan fingerprint density at radius 2 is 2.07 bits per heavy atom. The molecule has 0 spiro atoms. The second-order valence-electron chi connectivity index (χ2n) is 3.04. The third kappa shape index (κ3) is 2.10. The number of nitrogen functional groups attached to an aromatic ring is 1. The molecule has 0 fully saturated rings. The van der Waals surface area contributed by atoms with Crippen molar-refractivity contribution in [2.75, 3.05) is 5.73 Å². The average molecular weight is 192 g/mol. The molecule has 1 rings (SSSR count). The van der Waals surface area contributed by atoms with Crippen LogP contribution in [-0.4, -0.2) is 11.8 Å². The molecule has 0 saturated carbocycles. The summed E-state index contributed by atoms with van der Waals surface area (Å²) in [4.78, 5) is 21.4. The molecule has 0 saturated heterocycles. The molecule has 0 aliphatic carbocycles. The molecular weight excluding hydrogens is 182 g/mol. The van der Waals surface area contributed by atoms with Crippen molar-refractivity contribution >= 4 is 17.4 Å². The molecule has 1 aromatic carbocycles. The molecule has 4 heteroatoms. The molecule has 0 amide bonds. The molecule has 0 bridgehead atoms. The van der Waals surface area contributed by atoms with Gasteiger partial charge >= 0.3 is 0 Å². The van der Waals surface area contributed by atoms with E-state index in [-0.39, 0.29) is 23.5 Å². The van der Waals surface area contributed by atoms with Gasteiger partial charge in [-0.3, -0.25) is 4.79 Å². The predicted molar refractivity (Wildman–Crippen MR) is 49.6 cm³/mol. The molecule has 14 heavy (non-hydrogen) atoms. The van der Waals surface area contributed by atoms with Gasteiger partial charge < -0.3 is 15.6 Å². The van der Waals surface area contributed by atoms with Gasteiger partial charge in [-0.25, -0.2) is 0 Å². The highest BCUT2D eigenvalue weighted by molar-refractivity contribution is 5.94. The highest BCUT2D eigenvalue weighted by Crippen LogP contribution is 2.17. The van der Waals surface area contributed by atoms with Gasteiger partial charge in [0.2, 0.25) is 0 Å². The van der Waals surface area contributed by atoms with Crippen LogP contribution in [0.1, 0.15) is 22.8 Å². The summed E-state index contributed by atoms with van der Waals surface area (Å²) in [7, 11) is 0. The molecule has 0 radical (unpaired) electrons. The third-order valence-corrected chi connectivity index (χ3v) is 1.86. The van der Waals surface area contributed by atoms with Crippen molar-refractivity contribution in [2.45, 2.75) is 13.3 Å². The number of para-hydroxylation sites is 1. The second-order valence-corrected chi connectivity index (χ2v) is 3.04. The van der Waals surface area contributed by atoms with Crippen LogP contribution in [0.4, 0.5) is 5.69 Å². The summed E-state index contributed by atoms with van der Waals surface area (Å²) in [5, 5.41) is 10.6. The van der Waals surface area contributed by atoms with Crippen molar-refractivity contribution in [1.82, 2.24) is 0 Å². The normalized spacial score (nSPS) is 9.79. The van der Waals surface area contributed by atoms with Gasteiger partial charge in [-0.1, -0.05) is 18.2 Å². The highest BCUT2D eigenvalue weighted by atomic mass is 16.4. The first-order valence-electron chi connectivity index (χ1n) is 4.10. The number of benzene rings is 1. The first-order chi connectivity index (χ1) is 6.52. The van der Waals surface area contributed by atoms with Crippen LogP contribution in [0.15, 0.2) is 18.2 Å². The van der Waals surface area contributed by atoms with Crippen LogP contribution in [-0.2, 0) is 11.2 Å². The molecule has 4 nitrogen and oxygen atoms in total. The van der Waals surface area contributed by atoms with Gasteiger partial charge in [0, 0.05) is 17.7 Å². The highest BCUT2D eigenvalue weighted by Gasteiger charge is 2.06. The second kappa shape index (κ2) is 3.91. The van der Waals surface area contributed by atoms with Crippen molar-refractivity contribution in [3.05, 3.63) is 29.3 Å². The van der Waals surface area contributed by atoms with Gasteiger partial charge in [-0.15, -0.1) is 0 Å². The first-order valence-corrected chi connectivity index (χ1v) is 4.10. The standard InChI is InChI=1S/C10H11NO3/c1-6(12)5-7-3-2-4-8(9(7)11)10(13)14/h2-4H,5,11H2,1H3,(H,13,14)/p-1. The summed E-state index contributed by atoms with van der Waals surface area (Å²) in [6.45, 7) is 1.42. The van der Waals surface area contributed by atoms with Gasteiger partial charge in [0.1, 0.15) is 5.78 Å². The zero-order chi connectivity index (χ0) is 10.7. The van der Waals surface area contributed by atoms with Crippen LogP contribution < -0.4 is 10.8 Å². The molecule has 0 atom stereocenters. The fourth-order valence-electron chi connectivity index (χ4n) is 1.21. The quantitative estimate of drug-likeness (QED) is 0.670. The fraction of sp³-hybridized carbons (Fsp3) is 0.200. The number of ketones is 1. The number of Topliss-reactive ketones (excluding diaryl/α,β-unsaturated/α-hetero) is 1. The average Bonchev–Trinajstić information content (AvgIpc) is 2.07. The lowest BCUT2D eigenvalue weighted by Crippen LogP contribution is -2.24. The zero-order valence-electron chi connectivity index (χ0n) is 7.74. The van der Waals surface area contributed by atoms with E-state index in [0.717, 1.165) is 0 Å². The molecule has 0 aliphatic rings. The lowest BCUT2D eigenvalue weighted by molar-refractivity contribution is -0.254. The van der Waals surface area contributed by atoms with Crippen LogP contribution in [0.5, 0.6) is 0 Å². The minimum Gasteiger partial charge on any atom is -0.545 e. The number of rotatable bonds is 3. The minimum atomic E-state index is -1.33. The number of hydrogen-bond acceptors (Lipinski definition) is 4. The smallest absolute Gasteiger partial charge is 0.134 e. The molecule has 0 aliphatic heterocycles. The molecule has 0 aromatic heterocycles. The van der Waals surface area contributed by atoms with Gasteiger partial charge in [0.25, 0.3) is 0 Å². The summed E-state index contributed by atoms with van der Waals surface area (Å²) in [5.74, 6) is -1.39. The van der Waals surface area contributed by atoms with Gasteiger partial charge in [0.15, 0.2) is 0 Å². The Hall–Kier alpha value is -1.84. The number of carbonyl (C=O) groups is 2. The Morgan fingerprint density at radius 3 is 2.57 bits per heavy atom. The SMILES string of the molecule is CC(=O)Cc1cccc(C(=O)[O-])c1N. The maximum atomic E-state index is 10.8. The Balaban J connectivity index is 3.13. The van der Waals surface area contributed by atoms with Gasteiger partial charge in [-0.05, 0) is 12.5 Å². The van der Waals surface area contributed by atoms with Gasteiger partial charge in [0.05, 0.1) is 5.97 Å². The molecule has 2 N–H and O–H groups in total. The van der Waals surface area contributed by atoms with Crippen molar-refractivity contribution in [1.29, 1.82) is 0 Å².